The molecule has 0 aromatic carbocycles. The lowest BCUT2D eigenvalue weighted by molar-refractivity contribution is -0.251. The number of hydrogen-bond donors (Lipinski definition) is 0. The summed E-state index contributed by atoms with van der Waals surface area (Å²) in [5.41, 5.74) is 2.34. The van der Waals surface area contributed by atoms with Crippen LogP contribution in [0.25, 0.3) is 0 Å². The van der Waals surface area contributed by atoms with Crippen molar-refractivity contribution in [3.05, 3.63) is 0 Å². The maximum absolute atomic E-state index is 2.65. The molecule has 3 rings (SSSR count). The molecule has 176 valence electrons. The van der Waals surface area contributed by atoms with E-state index in [0.29, 0.717) is 21.7 Å². The van der Waals surface area contributed by atoms with Crippen molar-refractivity contribution < 1.29 is 0 Å². The molecule has 0 heteroatoms. The largest absolute Gasteiger partial charge is 0.0619 e. The Hall–Kier alpha value is 0. The van der Waals surface area contributed by atoms with E-state index in [1.54, 1.807) is 0 Å². The van der Waals surface area contributed by atoms with Crippen LogP contribution in [0.1, 0.15) is 118 Å². The standard InChI is InChI=1S/C30H56/c1-18-19-21(25(6,7)29(14,15)27(10,11)23(19,2)3)22-20(18)24(4,5)28(12,13)30(16,17)26(22,8)9/h18-22H,1-17H3. The SMILES string of the molecule is CC1C2C(C3C1C(C)(C)C(C)(C)C(C)(C)C3(C)C)C(C)(C)C(C)(C)C(C)(C)C2(C)C. The maximum Gasteiger partial charge on any atom is -0.0244 e. The Balaban J connectivity index is 2.40. The molecule has 0 amide bonds. The second kappa shape index (κ2) is 5.73. The van der Waals surface area contributed by atoms with Gasteiger partial charge in [0.1, 0.15) is 0 Å². The molecule has 4 atom stereocenters. The minimum Gasteiger partial charge on any atom is -0.0619 e. The molecule has 0 aromatic rings. The fourth-order valence-electron chi connectivity index (χ4n) is 10.2. The Labute approximate surface area is 190 Å². The van der Waals surface area contributed by atoms with E-state index in [2.05, 4.69) is 118 Å². The molecule has 0 saturated heterocycles. The summed E-state index contributed by atoms with van der Waals surface area (Å²) >= 11 is 0. The van der Waals surface area contributed by atoms with Crippen molar-refractivity contribution in [2.45, 2.75) is 118 Å². The summed E-state index contributed by atoms with van der Waals surface area (Å²) in [5.74, 6) is 3.83. The van der Waals surface area contributed by atoms with E-state index >= 15 is 0 Å². The van der Waals surface area contributed by atoms with Crippen molar-refractivity contribution in [1.29, 1.82) is 0 Å². The van der Waals surface area contributed by atoms with Gasteiger partial charge in [0, 0.05) is 0 Å². The molecule has 0 N–H and O–H groups in total. The van der Waals surface area contributed by atoms with Crippen LogP contribution >= 0.6 is 0 Å². The predicted octanol–water partition coefficient (Wildman–Crippen LogP) is 9.34. The maximum atomic E-state index is 2.65. The highest BCUT2D eigenvalue weighted by Crippen LogP contribution is 2.83. The third kappa shape index (κ3) is 2.13. The molecule has 0 heterocycles. The van der Waals surface area contributed by atoms with Gasteiger partial charge in [0.05, 0.1) is 0 Å². The van der Waals surface area contributed by atoms with Gasteiger partial charge in [-0.1, -0.05) is 118 Å². The van der Waals surface area contributed by atoms with E-state index in [4.69, 9.17) is 0 Å². The van der Waals surface area contributed by atoms with E-state index in [9.17, 15) is 0 Å². The molecule has 0 aromatic heterocycles. The normalized spacial score (nSPS) is 45.3. The van der Waals surface area contributed by atoms with Crippen molar-refractivity contribution in [3.8, 4) is 0 Å². The van der Waals surface area contributed by atoms with Crippen LogP contribution in [-0.4, -0.2) is 0 Å². The fraction of sp³-hybridized carbons (Fsp3) is 1.00. The number of hydrogen-bond acceptors (Lipinski definition) is 0. The van der Waals surface area contributed by atoms with Gasteiger partial charge in [-0.25, -0.2) is 0 Å². The first-order chi connectivity index (χ1) is 12.9. The second-order valence-electron chi connectivity index (χ2n) is 16.3. The Morgan fingerprint density at radius 3 is 0.667 bits per heavy atom. The summed E-state index contributed by atoms with van der Waals surface area (Å²) in [4.78, 5) is 0. The Morgan fingerprint density at radius 1 is 0.300 bits per heavy atom. The van der Waals surface area contributed by atoms with Gasteiger partial charge in [0.25, 0.3) is 0 Å². The van der Waals surface area contributed by atoms with Crippen LogP contribution in [0.3, 0.4) is 0 Å². The Bertz CT molecular complexity index is 659. The molecular formula is C30H56. The molecule has 3 aliphatic rings. The third-order valence-corrected chi connectivity index (χ3v) is 15.2. The summed E-state index contributed by atoms with van der Waals surface area (Å²) in [6.45, 7) is 44.5. The zero-order chi connectivity index (χ0) is 23.9. The van der Waals surface area contributed by atoms with Crippen molar-refractivity contribution in [1.82, 2.24) is 0 Å². The molecule has 3 fully saturated rings. The van der Waals surface area contributed by atoms with Crippen LogP contribution < -0.4 is 0 Å². The van der Waals surface area contributed by atoms with Crippen molar-refractivity contribution in [2.24, 2.45) is 72.9 Å². The molecule has 0 bridgehead atoms. The molecular weight excluding hydrogens is 360 g/mol. The fourth-order valence-corrected chi connectivity index (χ4v) is 10.2. The average molecular weight is 417 g/mol. The Morgan fingerprint density at radius 2 is 0.467 bits per heavy atom. The van der Waals surface area contributed by atoms with E-state index in [0.717, 1.165) is 29.6 Å². The summed E-state index contributed by atoms with van der Waals surface area (Å²) in [6.07, 6.45) is 0. The minimum absolute atomic E-state index is 0.274. The zero-order valence-corrected chi connectivity index (χ0v) is 23.9. The lowest BCUT2D eigenvalue weighted by atomic mass is 9.32. The van der Waals surface area contributed by atoms with Crippen molar-refractivity contribution >= 4 is 0 Å². The lowest BCUT2D eigenvalue weighted by Crippen LogP contribution is -2.67. The van der Waals surface area contributed by atoms with Gasteiger partial charge < -0.3 is 0 Å². The summed E-state index contributed by atoms with van der Waals surface area (Å²) in [5, 5.41) is 0. The van der Waals surface area contributed by atoms with Crippen LogP contribution in [-0.2, 0) is 0 Å². The van der Waals surface area contributed by atoms with Crippen LogP contribution in [0, 0.1) is 72.9 Å². The number of fused-ring (bicyclic) bond motifs is 3. The zero-order valence-electron chi connectivity index (χ0n) is 23.9. The first-order valence-corrected chi connectivity index (χ1v) is 12.9. The molecule has 4 unspecified atom stereocenters. The van der Waals surface area contributed by atoms with Gasteiger partial charge in [0.2, 0.25) is 0 Å². The average Bonchev–Trinajstić information content (AvgIpc) is 2.87. The summed E-state index contributed by atoms with van der Waals surface area (Å²) in [6, 6.07) is 0. The van der Waals surface area contributed by atoms with Crippen molar-refractivity contribution in [2.75, 3.05) is 0 Å². The highest BCUT2D eigenvalue weighted by atomic mass is 14.8. The van der Waals surface area contributed by atoms with Crippen LogP contribution in [0.2, 0.25) is 0 Å². The van der Waals surface area contributed by atoms with Crippen LogP contribution in [0.5, 0.6) is 0 Å². The molecule has 3 saturated carbocycles. The second-order valence-corrected chi connectivity index (χ2v) is 16.3. The van der Waals surface area contributed by atoms with E-state index in [1.165, 1.54) is 0 Å². The number of rotatable bonds is 0. The van der Waals surface area contributed by atoms with Crippen LogP contribution in [0.4, 0.5) is 0 Å². The molecule has 30 heavy (non-hydrogen) atoms. The summed E-state index contributed by atoms with van der Waals surface area (Å²) in [7, 11) is 0. The molecule has 3 aliphatic carbocycles. The first kappa shape index (κ1) is 24.6. The smallest absolute Gasteiger partial charge is 0.0244 e. The molecule has 0 radical (unpaired) electrons. The third-order valence-electron chi connectivity index (χ3n) is 15.2. The van der Waals surface area contributed by atoms with Gasteiger partial charge in [-0.2, -0.15) is 0 Å². The van der Waals surface area contributed by atoms with Gasteiger partial charge in [-0.05, 0) is 72.9 Å². The molecule has 0 aliphatic heterocycles. The van der Waals surface area contributed by atoms with E-state index < -0.39 is 0 Å². The topological polar surface area (TPSA) is 0 Å². The van der Waals surface area contributed by atoms with E-state index in [1.807, 2.05) is 0 Å². The predicted molar refractivity (Wildman–Crippen MR) is 133 cm³/mol. The molecule has 0 spiro atoms. The van der Waals surface area contributed by atoms with E-state index in [-0.39, 0.29) is 21.7 Å². The van der Waals surface area contributed by atoms with Gasteiger partial charge >= 0.3 is 0 Å². The monoisotopic (exact) mass is 416 g/mol. The van der Waals surface area contributed by atoms with Gasteiger partial charge in [0.15, 0.2) is 0 Å². The Kier molecular flexibility index (Phi) is 4.70. The highest BCUT2D eigenvalue weighted by Gasteiger charge is 2.78. The van der Waals surface area contributed by atoms with Gasteiger partial charge in [-0.3, -0.25) is 0 Å². The summed E-state index contributed by atoms with van der Waals surface area (Å²) < 4.78 is 0. The minimum atomic E-state index is 0.274. The first-order valence-electron chi connectivity index (χ1n) is 12.9. The quantitative estimate of drug-likeness (QED) is 0.369. The van der Waals surface area contributed by atoms with Crippen molar-refractivity contribution in [3.63, 3.8) is 0 Å². The van der Waals surface area contributed by atoms with Gasteiger partial charge in [-0.15, -0.1) is 0 Å². The van der Waals surface area contributed by atoms with Crippen LogP contribution in [0.15, 0.2) is 0 Å². The molecule has 0 nitrogen and oxygen atoms in total. The lowest BCUT2D eigenvalue weighted by Gasteiger charge is -2.73. The highest BCUT2D eigenvalue weighted by molar-refractivity contribution is 5.25.